The van der Waals surface area contributed by atoms with Gasteiger partial charge in [-0.15, -0.1) is 0 Å². The van der Waals surface area contributed by atoms with Gasteiger partial charge in [0.1, 0.15) is 0 Å². The van der Waals surface area contributed by atoms with Crippen molar-refractivity contribution >= 4 is 0 Å². The average Bonchev–Trinajstić information content (AvgIpc) is 2.15. The maximum atomic E-state index is 8.45. The molecule has 2 nitrogen and oxygen atoms in total. The van der Waals surface area contributed by atoms with E-state index in [4.69, 9.17) is 5.26 Å². The number of hydrogen-bond acceptors (Lipinski definition) is 2. The van der Waals surface area contributed by atoms with Crippen molar-refractivity contribution in [2.24, 2.45) is 5.92 Å². The molecule has 0 bridgehead atoms. The molecule has 0 unspecified atom stereocenters. The molecule has 0 aromatic rings. The number of unbranched alkanes of at least 4 members (excludes halogenated alkanes) is 1. The van der Waals surface area contributed by atoms with Gasteiger partial charge in [0.25, 0.3) is 0 Å². The molecule has 0 aliphatic heterocycles. The topological polar surface area (TPSA) is 29.5 Å². The first-order valence-corrected chi connectivity index (χ1v) is 5.17. The van der Waals surface area contributed by atoms with Crippen LogP contribution in [0.25, 0.3) is 0 Å². The van der Waals surface area contributed by atoms with E-state index in [2.05, 4.69) is 11.8 Å². The Bertz CT molecular complexity index is 106. The van der Waals surface area contributed by atoms with Gasteiger partial charge in [-0.25, -0.2) is 4.89 Å². The molecule has 1 aliphatic carbocycles. The third-order valence-corrected chi connectivity index (χ3v) is 2.91. The Hall–Kier alpha value is -0.0800. The summed E-state index contributed by atoms with van der Waals surface area (Å²) in [4.78, 5) is 4.34. The maximum absolute atomic E-state index is 8.45. The predicted molar refractivity (Wildman–Crippen MR) is 49.0 cm³/mol. The SMILES string of the molecule is CCCCC1CCC(OO)CC1. The zero-order valence-electron chi connectivity index (χ0n) is 7.96. The Labute approximate surface area is 74.9 Å². The highest BCUT2D eigenvalue weighted by atomic mass is 17.1. The van der Waals surface area contributed by atoms with E-state index in [1.165, 1.54) is 32.1 Å². The van der Waals surface area contributed by atoms with E-state index >= 15 is 0 Å². The minimum atomic E-state index is 0.128. The third-order valence-electron chi connectivity index (χ3n) is 2.91. The van der Waals surface area contributed by atoms with Gasteiger partial charge in [-0.1, -0.05) is 26.2 Å². The lowest BCUT2D eigenvalue weighted by atomic mass is 9.84. The molecule has 0 radical (unpaired) electrons. The third kappa shape index (κ3) is 3.11. The fourth-order valence-corrected chi connectivity index (χ4v) is 2.02. The highest BCUT2D eigenvalue weighted by Gasteiger charge is 2.20. The number of rotatable bonds is 4. The van der Waals surface area contributed by atoms with Crippen molar-refractivity contribution in [2.75, 3.05) is 0 Å². The molecule has 72 valence electrons. The van der Waals surface area contributed by atoms with E-state index in [1.807, 2.05) is 0 Å². The first-order valence-electron chi connectivity index (χ1n) is 5.17. The fraction of sp³-hybridized carbons (Fsp3) is 1.00. The summed E-state index contributed by atoms with van der Waals surface area (Å²) in [6.45, 7) is 2.24. The first kappa shape index (κ1) is 10.0. The zero-order valence-corrected chi connectivity index (χ0v) is 7.96. The van der Waals surface area contributed by atoms with Crippen LogP contribution in [0.5, 0.6) is 0 Å². The van der Waals surface area contributed by atoms with Gasteiger partial charge < -0.3 is 0 Å². The lowest BCUT2D eigenvalue weighted by molar-refractivity contribution is -0.285. The van der Waals surface area contributed by atoms with Crippen LogP contribution in [0.1, 0.15) is 51.9 Å². The summed E-state index contributed by atoms with van der Waals surface area (Å²) in [5.41, 5.74) is 0. The van der Waals surface area contributed by atoms with Gasteiger partial charge in [0.15, 0.2) is 0 Å². The normalized spacial score (nSPS) is 30.5. The lowest BCUT2D eigenvalue weighted by Gasteiger charge is -2.26. The largest absolute Gasteiger partial charge is 0.252 e. The summed E-state index contributed by atoms with van der Waals surface area (Å²) in [7, 11) is 0. The summed E-state index contributed by atoms with van der Waals surface area (Å²) in [5.74, 6) is 0.899. The highest BCUT2D eigenvalue weighted by molar-refractivity contribution is 4.71. The van der Waals surface area contributed by atoms with Crippen LogP contribution in [0.2, 0.25) is 0 Å². The second kappa shape index (κ2) is 5.55. The Morgan fingerprint density at radius 1 is 1.25 bits per heavy atom. The Morgan fingerprint density at radius 2 is 1.92 bits per heavy atom. The Kier molecular flexibility index (Phi) is 4.62. The van der Waals surface area contributed by atoms with Crippen LogP contribution in [-0.2, 0) is 4.89 Å². The van der Waals surface area contributed by atoms with Gasteiger partial charge in [-0.3, -0.25) is 5.26 Å². The molecule has 1 aliphatic rings. The molecule has 0 aromatic carbocycles. The van der Waals surface area contributed by atoms with Crippen molar-refractivity contribution in [3.63, 3.8) is 0 Å². The molecular formula is C10H20O2. The van der Waals surface area contributed by atoms with Crippen LogP contribution in [0.4, 0.5) is 0 Å². The van der Waals surface area contributed by atoms with Crippen LogP contribution in [0, 0.1) is 5.92 Å². The minimum absolute atomic E-state index is 0.128. The van der Waals surface area contributed by atoms with Gasteiger partial charge in [0, 0.05) is 0 Å². The lowest BCUT2D eigenvalue weighted by Crippen LogP contribution is -2.20. The predicted octanol–water partition coefficient (Wildman–Crippen LogP) is 3.23. The van der Waals surface area contributed by atoms with Crippen LogP contribution < -0.4 is 0 Å². The molecule has 1 fully saturated rings. The van der Waals surface area contributed by atoms with Crippen molar-refractivity contribution in [1.29, 1.82) is 0 Å². The summed E-state index contributed by atoms with van der Waals surface area (Å²) in [5, 5.41) is 8.45. The molecule has 2 heteroatoms. The smallest absolute Gasteiger partial charge is 0.0927 e. The quantitative estimate of drug-likeness (QED) is 0.521. The molecule has 1 saturated carbocycles. The molecule has 12 heavy (non-hydrogen) atoms. The second-order valence-corrected chi connectivity index (χ2v) is 3.89. The van der Waals surface area contributed by atoms with Crippen molar-refractivity contribution in [1.82, 2.24) is 0 Å². The van der Waals surface area contributed by atoms with Crippen molar-refractivity contribution in [3.05, 3.63) is 0 Å². The molecule has 0 heterocycles. The standard InChI is InChI=1S/C10H20O2/c1-2-3-4-9-5-7-10(12-11)8-6-9/h9-11H,2-8H2,1H3. The summed E-state index contributed by atoms with van der Waals surface area (Å²) >= 11 is 0. The summed E-state index contributed by atoms with van der Waals surface area (Å²) in [6, 6.07) is 0. The fourth-order valence-electron chi connectivity index (χ4n) is 2.02. The Balaban J connectivity index is 2.09. The van der Waals surface area contributed by atoms with E-state index < -0.39 is 0 Å². The second-order valence-electron chi connectivity index (χ2n) is 3.89. The molecule has 0 amide bonds. The first-order chi connectivity index (χ1) is 5.86. The monoisotopic (exact) mass is 172 g/mol. The van der Waals surface area contributed by atoms with E-state index in [9.17, 15) is 0 Å². The maximum Gasteiger partial charge on any atom is 0.0927 e. The van der Waals surface area contributed by atoms with Gasteiger partial charge in [0.2, 0.25) is 0 Å². The van der Waals surface area contributed by atoms with Crippen molar-refractivity contribution in [2.45, 2.75) is 58.0 Å². The van der Waals surface area contributed by atoms with Crippen molar-refractivity contribution in [3.8, 4) is 0 Å². The highest BCUT2D eigenvalue weighted by Crippen LogP contribution is 2.29. The number of hydrogen-bond donors (Lipinski definition) is 1. The van der Waals surface area contributed by atoms with Gasteiger partial charge in [0.05, 0.1) is 6.10 Å². The van der Waals surface area contributed by atoms with Gasteiger partial charge >= 0.3 is 0 Å². The average molecular weight is 172 g/mol. The van der Waals surface area contributed by atoms with Crippen molar-refractivity contribution < 1.29 is 10.1 Å². The van der Waals surface area contributed by atoms with E-state index in [-0.39, 0.29) is 6.10 Å². The Morgan fingerprint density at radius 3 is 2.42 bits per heavy atom. The van der Waals surface area contributed by atoms with Crippen LogP contribution in [0.3, 0.4) is 0 Å². The molecule has 1 N–H and O–H groups in total. The zero-order chi connectivity index (χ0) is 8.81. The van der Waals surface area contributed by atoms with Crippen LogP contribution in [0.15, 0.2) is 0 Å². The minimum Gasteiger partial charge on any atom is -0.252 e. The molecule has 0 saturated heterocycles. The van der Waals surface area contributed by atoms with Crippen LogP contribution >= 0.6 is 0 Å². The van der Waals surface area contributed by atoms with E-state index in [1.54, 1.807) is 0 Å². The van der Waals surface area contributed by atoms with Gasteiger partial charge in [-0.05, 0) is 31.6 Å². The molecule has 0 atom stereocenters. The molecule has 0 spiro atoms. The summed E-state index contributed by atoms with van der Waals surface area (Å²) in [6.07, 6.45) is 8.73. The van der Waals surface area contributed by atoms with E-state index in [0.717, 1.165) is 18.8 Å². The molecule has 1 rings (SSSR count). The van der Waals surface area contributed by atoms with Gasteiger partial charge in [-0.2, -0.15) is 0 Å². The summed E-state index contributed by atoms with van der Waals surface area (Å²) < 4.78 is 0. The van der Waals surface area contributed by atoms with Crippen LogP contribution in [-0.4, -0.2) is 11.4 Å². The van der Waals surface area contributed by atoms with E-state index in [0.29, 0.717) is 0 Å². The molecular weight excluding hydrogens is 152 g/mol. The molecule has 0 aromatic heterocycles.